The Hall–Kier alpha value is -6.19. The maximum Gasteiger partial charge on any atom is 0.246 e. The van der Waals surface area contributed by atoms with Crippen molar-refractivity contribution in [3.05, 3.63) is 83.2 Å². The molecule has 0 unspecified atom stereocenters. The molecule has 0 aromatic heterocycles. The molecule has 1 fully saturated rings. The zero-order valence-corrected chi connectivity index (χ0v) is 33.3. The Morgan fingerprint density at radius 2 is 1.21 bits per heavy atom. The molecule has 3 heterocycles. The Morgan fingerprint density at radius 3 is 1.82 bits per heavy atom. The summed E-state index contributed by atoms with van der Waals surface area (Å²) in [6, 6.07) is 9.05. The molecule has 6 atom stereocenters. The molecule has 0 saturated carbocycles. The fourth-order valence-electron chi connectivity index (χ4n) is 6.92. The van der Waals surface area contributed by atoms with Crippen LogP contribution in [-0.2, 0) is 48.0 Å². The van der Waals surface area contributed by atoms with Crippen molar-refractivity contribution in [3.8, 4) is 23.0 Å². The van der Waals surface area contributed by atoms with Gasteiger partial charge in [-0.1, -0.05) is 24.3 Å². The SMILES string of the molecule is COc1ccc(C[C@H]2C(=O)N[C@@H](C)C(=O)N(C)[C@H]3Cc4ccc(cc4)Oc4cc(cc(F)c4OC)C[C@@H](C(=O)N[C@H](C)C(=O)N[C@@H](C)C(=O)N2C)N(C)C3=O)cc1. The monoisotopic (exact) mass is 788 g/mol. The lowest BCUT2D eigenvalue weighted by atomic mass is 9.98. The molecule has 3 N–H and O–H groups in total. The Morgan fingerprint density at radius 1 is 0.649 bits per heavy atom. The number of hydrogen-bond acceptors (Lipinski definition) is 9. The highest BCUT2D eigenvalue weighted by Crippen LogP contribution is 2.36. The second-order valence-corrected chi connectivity index (χ2v) is 14.4. The first-order valence-corrected chi connectivity index (χ1v) is 18.5. The van der Waals surface area contributed by atoms with Crippen molar-refractivity contribution in [1.29, 1.82) is 0 Å². The summed E-state index contributed by atoms with van der Waals surface area (Å²) < 4.78 is 32.0. The lowest BCUT2D eigenvalue weighted by Crippen LogP contribution is -2.61. The van der Waals surface area contributed by atoms with Gasteiger partial charge in [-0.15, -0.1) is 0 Å². The second kappa shape index (κ2) is 17.7. The molecule has 16 heteroatoms. The van der Waals surface area contributed by atoms with Gasteiger partial charge in [0.25, 0.3) is 0 Å². The smallest absolute Gasteiger partial charge is 0.246 e. The van der Waals surface area contributed by atoms with Crippen LogP contribution in [0.25, 0.3) is 0 Å². The van der Waals surface area contributed by atoms with Gasteiger partial charge in [-0.25, -0.2) is 4.39 Å². The first-order valence-electron chi connectivity index (χ1n) is 18.5. The van der Waals surface area contributed by atoms with Gasteiger partial charge in [-0.05, 0) is 73.9 Å². The molecule has 3 aromatic rings. The predicted octanol–water partition coefficient (Wildman–Crippen LogP) is 1.99. The number of fused-ring (bicyclic) bond motifs is 2. The number of halogens is 1. The van der Waals surface area contributed by atoms with E-state index in [4.69, 9.17) is 14.2 Å². The molecule has 0 spiro atoms. The predicted molar refractivity (Wildman–Crippen MR) is 206 cm³/mol. The number of likely N-dealkylation sites (N-methyl/N-ethyl adjacent to an activating group) is 3. The van der Waals surface area contributed by atoms with Crippen LogP contribution in [0.2, 0.25) is 0 Å². The summed E-state index contributed by atoms with van der Waals surface area (Å²) in [7, 11) is 7.06. The summed E-state index contributed by atoms with van der Waals surface area (Å²) in [6.45, 7) is 4.33. The molecule has 6 rings (SSSR count). The van der Waals surface area contributed by atoms with E-state index in [9.17, 15) is 28.8 Å². The summed E-state index contributed by atoms with van der Waals surface area (Å²) in [5, 5.41) is 7.99. The zero-order valence-electron chi connectivity index (χ0n) is 33.3. The fourth-order valence-corrected chi connectivity index (χ4v) is 6.92. The number of carbonyl (C=O) groups excluding carboxylic acids is 6. The summed E-state index contributed by atoms with van der Waals surface area (Å²) in [5.74, 6) is -3.95. The summed E-state index contributed by atoms with van der Waals surface area (Å²) in [6.07, 6.45) is -0.185. The highest BCUT2D eigenvalue weighted by atomic mass is 19.1. The number of nitrogens with zero attached hydrogens (tertiary/aromatic N) is 3. The van der Waals surface area contributed by atoms with Gasteiger partial charge in [-0.3, -0.25) is 28.8 Å². The first-order chi connectivity index (χ1) is 27.0. The molecular weight excluding hydrogens is 739 g/mol. The molecular formula is C41H49FN6O9. The molecule has 1 saturated heterocycles. The largest absolute Gasteiger partial charge is 0.497 e. The van der Waals surface area contributed by atoms with Crippen LogP contribution in [0.4, 0.5) is 4.39 Å². The third-order valence-corrected chi connectivity index (χ3v) is 10.4. The summed E-state index contributed by atoms with van der Waals surface area (Å²) in [5.41, 5.74) is 1.58. The molecule has 304 valence electrons. The third-order valence-electron chi connectivity index (χ3n) is 10.4. The van der Waals surface area contributed by atoms with E-state index in [0.717, 1.165) is 11.0 Å². The van der Waals surface area contributed by atoms with Gasteiger partial charge in [0.05, 0.1) is 14.2 Å². The molecule has 3 aliphatic heterocycles. The minimum atomic E-state index is -1.33. The van der Waals surface area contributed by atoms with Crippen molar-refractivity contribution in [2.75, 3.05) is 35.4 Å². The van der Waals surface area contributed by atoms with E-state index >= 15 is 4.39 Å². The van der Waals surface area contributed by atoms with Crippen LogP contribution >= 0.6 is 0 Å². The van der Waals surface area contributed by atoms with E-state index < -0.39 is 77.5 Å². The number of rotatable bonds is 4. The minimum Gasteiger partial charge on any atom is -0.497 e. The molecule has 6 bridgehead atoms. The molecule has 0 aliphatic carbocycles. The molecule has 6 amide bonds. The lowest BCUT2D eigenvalue weighted by Gasteiger charge is -2.36. The van der Waals surface area contributed by atoms with Crippen LogP contribution in [0.15, 0.2) is 60.7 Å². The molecule has 0 radical (unpaired) electrons. The second-order valence-electron chi connectivity index (χ2n) is 14.4. The number of carbonyl (C=O) groups is 6. The van der Waals surface area contributed by atoms with Crippen LogP contribution < -0.4 is 30.2 Å². The van der Waals surface area contributed by atoms with Gasteiger partial charge in [0, 0.05) is 40.4 Å². The van der Waals surface area contributed by atoms with Crippen molar-refractivity contribution in [1.82, 2.24) is 30.7 Å². The van der Waals surface area contributed by atoms with Gasteiger partial charge in [-0.2, -0.15) is 0 Å². The number of methoxy groups -OCH3 is 2. The van der Waals surface area contributed by atoms with Gasteiger partial charge in [0.2, 0.25) is 35.4 Å². The Balaban J connectivity index is 1.59. The van der Waals surface area contributed by atoms with Crippen molar-refractivity contribution >= 4 is 35.4 Å². The summed E-state index contributed by atoms with van der Waals surface area (Å²) >= 11 is 0. The van der Waals surface area contributed by atoms with Gasteiger partial charge < -0.3 is 44.9 Å². The van der Waals surface area contributed by atoms with Crippen molar-refractivity contribution < 1.29 is 47.4 Å². The maximum atomic E-state index is 15.5. The van der Waals surface area contributed by atoms with E-state index in [-0.39, 0.29) is 36.3 Å². The molecule has 3 aliphatic rings. The van der Waals surface area contributed by atoms with Crippen LogP contribution in [0, 0.1) is 5.82 Å². The lowest BCUT2D eigenvalue weighted by molar-refractivity contribution is -0.149. The Labute approximate surface area is 330 Å². The highest BCUT2D eigenvalue weighted by Gasteiger charge is 2.39. The average molecular weight is 789 g/mol. The maximum absolute atomic E-state index is 15.5. The summed E-state index contributed by atoms with van der Waals surface area (Å²) in [4.78, 5) is 87.9. The number of nitrogens with one attached hydrogen (secondary N) is 3. The van der Waals surface area contributed by atoms with Crippen LogP contribution in [0.5, 0.6) is 23.0 Å². The number of amides is 6. The van der Waals surface area contributed by atoms with Crippen LogP contribution in [-0.4, -0.2) is 122 Å². The van der Waals surface area contributed by atoms with Gasteiger partial charge in [0.1, 0.15) is 47.8 Å². The quantitative estimate of drug-likeness (QED) is 0.357. The van der Waals surface area contributed by atoms with E-state index in [1.54, 1.807) is 48.5 Å². The number of benzene rings is 3. The standard InChI is InChI=1S/C41H49FN6O9/c1-22-36(49)44-23(2)39(52)46(4)31(18-25-9-13-28(55-7)14-10-25)38(51)45-24(3)40(53)48(6)33-19-26-11-15-29(16-12-26)57-34-21-27(17-30(42)35(34)56-8)20-32(37(50)43-22)47(5)41(33)54/h9-17,21-24,31-33H,18-20H2,1-8H3,(H,43,50)(H,44,49)(H,45,51)/t22-,23+,24+,31+,32+,33+/m1/s1. The number of hydrogen-bond donors (Lipinski definition) is 3. The molecule has 57 heavy (non-hydrogen) atoms. The van der Waals surface area contributed by atoms with E-state index in [0.29, 0.717) is 22.6 Å². The molecule has 3 aromatic carbocycles. The molecule has 15 nitrogen and oxygen atoms in total. The highest BCUT2D eigenvalue weighted by molar-refractivity contribution is 5.98. The zero-order chi connectivity index (χ0) is 41.7. The Bertz CT molecular complexity index is 2010. The normalized spacial score (nSPS) is 24.1. The number of ether oxygens (including phenoxy) is 3. The van der Waals surface area contributed by atoms with Crippen LogP contribution in [0.3, 0.4) is 0 Å². The van der Waals surface area contributed by atoms with Gasteiger partial charge in [0.15, 0.2) is 17.3 Å². The van der Waals surface area contributed by atoms with E-state index in [1.807, 2.05) is 0 Å². The fraction of sp³-hybridized carbons (Fsp3) is 0.415. The van der Waals surface area contributed by atoms with E-state index in [2.05, 4.69) is 16.0 Å². The van der Waals surface area contributed by atoms with Crippen molar-refractivity contribution in [2.45, 2.75) is 76.3 Å². The van der Waals surface area contributed by atoms with Crippen molar-refractivity contribution in [2.24, 2.45) is 0 Å². The van der Waals surface area contributed by atoms with Gasteiger partial charge >= 0.3 is 0 Å². The Kier molecular flexibility index (Phi) is 13.1. The van der Waals surface area contributed by atoms with Crippen LogP contribution in [0.1, 0.15) is 37.5 Å². The third kappa shape index (κ3) is 9.44. The van der Waals surface area contributed by atoms with E-state index in [1.165, 1.54) is 72.0 Å². The van der Waals surface area contributed by atoms with Crippen molar-refractivity contribution in [3.63, 3.8) is 0 Å². The minimum absolute atomic E-state index is 0.00201. The average Bonchev–Trinajstić information content (AvgIpc) is 3.19. The first kappa shape index (κ1) is 42.0. The topological polar surface area (TPSA) is 176 Å².